The van der Waals surface area contributed by atoms with E-state index in [9.17, 15) is 24.3 Å². The average Bonchev–Trinajstić information content (AvgIpc) is 2.71. The summed E-state index contributed by atoms with van der Waals surface area (Å²) in [4.78, 5) is 45.0. The molecule has 0 aliphatic heterocycles. The third kappa shape index (κ3) is 25.3. The smallest absolute Gasteiger partial charge is 0.548 e. The maximum atomic E-state index is 12.0. The molecule has 0 saturated carbocycles. The first kappa shape index (κ1) is 35.6. The van der Waals surface area contributed by atoms with Gasteiger partial charge in [0.15, 0.2) is 5.78 Å². The fraction of sp³-hybridized carbons (Fsp3) is 0.818. The van der Waals surface area contributed by atoms with Gasteiger partial charge in [-0.2, -0.15) is 0 Å². The summed E-state index contributed by atoms with van der Waals surface area (Å²) in [5.41, 5.74) is 0. The third-order valence-electron chi connectivity index (χ3n) is 4.00. The van der Waals surface area contributed by atoms with E-state index >= 15 is 0 Å². The van der Waals surface area contributed by atoms with Crippen LogP contribution < -0.4 is 34.7 Å². The quantitative estimate of drug-likeness (QED) is 0.138. The summed E-state index contributed by atoms with van der Waals surface area (Å²) in [6.07, 6.45) is 7.12. The Balaban J connectivity index is -0.00000105. The van der Waals surface area contributed by atoms with E-state index in [-0.39, 0.29) is 68.0 Å². The Bertz CT molecular complexity index is 498. The van der Waals surface area contributed by atoms with Crippen LogP contribution in [0.3, 0.4) is 0 Å². The van der Waals surface area contributed by atoms with Crippen molar-refractivity contribution in [3.05, 3.63) is 0 Å². The molecule has 0 N–H and O–H groups in total. The molecule has 0 aromatic heterocycles. The minimum absolute atomic E-state index is 0. The number of ether oxygens (including phenoxy) is 4. The molecule has 10 heteroatoms. The van der Waals surface area contributed by atoms with E-state index in [1.165, 1.54) is 33.5 Å². The van der Waals surface area contributed by atoms with Gasteiger partial charge in [-0.25, -0.2) is 0 Å². The third-order valence-corrected chi connectivity index (χ3v) is 4.00. The van der Waals surface area contributed by atoms with E-state index in [2.05, 4.69) is 11.7 Å². The molecule has 1 atom stereocenters. The van der Waals surface area contributed by atoms with Crippen molar-refractivity contribution in [1.82, 2.24) is 0 Å². The number of methoxy groups -OCH3 is 2. The zero-order chi connectivity index (χ0) is 23.9. The van der Waals surface area contributed by atoms with Crippen LogP contribution in [0.2, 0.25) is 0 Å². The van der Waals surface area contributed by atoms with E-state index in [1.54, 1.807) is 0 Å². The standard InChI is InChI=1S/C19H34O6.C3H6O3.Na/c1-4-6-7-8-9-10-12-24-18(21)14-16(13-17(20)15-23-3)19(22)25-11-5-2;1-6-2-3(4)5;/h16H,4-15H2,1-3H3;2H2,1H3,(H,4,5);/q;;+1/p-1. The molecule has 0 aliphatic rings. The number of unbranched alkanes of at least 4 members (excludes halogenated alkanes) is 5. The summed E-state index contributed by atoms with van der Waals surface area (Å²) in [5.74, 6) is -3.20. The molecule has 0 aromatic carbocycles. The van der Waals surface area contributed by atoms with Gasteiger partial charge in [0.05, 0.1) is 38.1 Å². The summed E-state index contributed by atoms with van der Waals surface area (Å²) in [5, 5.41) is 9.36. The van der Waals surface area contributed by atoms with Crippen molar-refractivity contribution in [2.45, 2.75) is 71.6 Å². The Kier molecular flexibility index (Phi) is 29.2. The van der Waals surface area contributed by atoms with Gasteiger partial charge in [0.2, 0.25) is 0 Å². The predicted molar refractivity (Wildman–Crippen MR) is 112 cm³/mol. The molecule has 182 valence electrons. The Morgan fingerprint density at radius 1 is 0.750 bits per heavy atom. The summed E-state index contributed by atoms with van der Waals surface area (Å²) in [6.45, 7) is 4.28. The Morgan fingerprint density at radius 3 is 1.84 bits per heavy atom. The van der Waals surface area contributed by atoms with Crippen LogP contribution in [-0.2, 0) is 38.1 Å². The number of hydrogen-bond acceptors (Lipinski definition) is 9. The van der Waals surface area contributed by atoms with Gasteiger partial charge in [-0.3, -0.25) is 14.4 Å². The Labute approximate surface area is 214 Å². The first-order valence-corrected chi connectivity index (χ1v) is 10.8. The molecule has 0 fully saturated rings. The fourth-order valence-corrected chi connectivity index (χ4v) is 2.50. The molecule has 0 aromatic rings. The average molecular weight is 471 g/mol. The number of carbonyl (C=O) groups is 4. The van der Waals surface area contributed by atoms with Gasteiger partial charge in [0.1, 0.15) is 6.61 Å². The van der Waals surface area contributed by atoms with Gasteiger partial charge in [0.25, 0.3) is 0 Å². The number of aliphatic carboxylic acids is 1. The molecule has 32 heavy (non-hydrogen) atoms. The van der Waals surface area contributed by atoms with Crippen LogP contribution >= 0.6 is 0 Å². The summed E-state index contributed by atoms with van der Waals surface area (Å²) < 4.78 is 19.2. The molecule has 0 spiro atoms. The molecular weight excluding hydrogens is 431 g/mol. The molecule has 0 saturated heterocycles. The fourth-order valence-electron chi connectivity index (χ4n) is 2.50. The molecule has 0 rings (SSSR count). The number of hydrogen-bond donors (Lipinski definition) is 0. The molecule has 0 heterocycles. The zero-order valence-electron chi connectivity index (χ0n) is 20.4. The molecule has 0 aliphatic carbocycles. The van der Waals surface area contributed by atoms with E-state index in [0.717, 1.165) is 19.3 Å². The van der Waals surface area contributed by atoms with Crippen molar-refractivity contribution in [2.24, 2.45) is 5.92 Å². The first-order chi connectivity index (χ1) is 14.8. The topological polar surface area (TPSA) is 128 Å². The van der Waals surface area contributed by atoms with Crippen LogP contribution in [0.4, 0.5) is 0 Å². The molecule has 0 amide bonds. The molecule has 0 radical (unpaired) electrons. The number of ketones is 1. The molecular formula is C22H39NaO9. The summed E-state index contributed by atoms with van der Waals surface area (Å²) in [7, 11) is 2.72. The van der Waals surface area contributed by atoms with Gasteiger partial charge in [0, 0.05) is 20.6 Å². The second-order valence-electron chi connectivity index (χ2n) is 7.04. The predicted octanol–water partition coefficient (Wildman–Crippen LogP) is -1.16. The van der Waals surface area contributed by atoms with Crippen molar-refractivity contribution in [1.29, 1.82) is 0 Å². The van der Waals surface area contributed by atoms with Crippen LogP contribution in [0.1, 0.15) is 71.6 Å². The van der Waals surface area contributed by atoms with Crippen LogP contribution in [-0.4, -0.2) is 64.3 Å². The number of esters is 2. The van der Waals surface area contributed by atoms with Crippen LogP contribution in [0.15, 0.2) is 0 Å². The van der Waals surface area contributed by atoms with E-state index in [4.69, 9.17) is 14.2 Å². The van der Waals surface area contributed by atoms with Crippen molar-refractivity contribution >= 4 is 23.7 Å². The van der Waals surface area contributed by atoms with Gasteiger partial charge in [-0.05, 0) is 12.8 Å². The Morgan fingerprint density at radius 2 is 1.34 bits per heavy atom. The van der Waals surface area contributed by atoms with Gasteiger partial charge >= 0.3 is 41.5 Å². The monoisotopic (exact) mass is 470 g/mol. The number of carboxylic acid groups (broad SMARTS) is 1. The van der Waals surface area contributed by atoms with Crippen molar-refractivity contribution < 1.29 is 72.8 Å². The first-order valence-electron chi connectivity index (χ1n) is 10.8. The Hall–Kier alpha value is -1.00. The van der Waals surface area contributed by atoms with E-state index in [0.29, 0.717) is 13.0 Å². The number of rotatable bonds is 18. The SMILES string of the molecule is CCCCCCCCOC(=O)CC(CC(=O)COC)C(=O)OCCC.COCC(=O)[O-].[Na+]. The van der Waals surface area contributed by atoms with Gasteiger partial charge < -0.3 is 28.8 Å². The van der Waals surface area contributed by atoms with E-state index < -0.39 is 23.8 Å². The van der Waals surface area contributed by atoms with Gasteiger partial charge in [-0.15, -0.1) is 0 Å². The maximum Gasteiger partial charge on any atom is 1.00 e. The number of carboxylic acids is 1. The number of carbonyl (C=O) groups excluding carboxylic acids is 4. The van der Waals surface area contributed by atoms with Crippen molar-refractivity contribution in [3.63, 3.8) is 0 Å². The minimum Gasteiger partial charge on any atom is -0.548 e. The largest absolute Gasteiger partial charge is 1.00 e. The maximum absolute atomic E-state index is 12.0. The number of Topliss-reactive ketones (excluding diaryl/α,β-unsaturated/α-hetero) is 1. The summed E-state index contributed by atoms with van der Waals surface area (Å²) >= 11 is 0. The molecule has 1 unspecified atom stereocenters. The minimum atomic E-state index is -1.18. The van der Waals surface area contributed by atoms with Crippen molar-refractivity contribution in [2.75, 3.05) is 40.6 Å². The molecule has 0 bridgehead atoms. The summed E-state index contributed by atoms with van der Waals surface area (Å²) in [6, 6.07) is 0. The molecule has 9 nitrogen and oxygen atoms in total. The second kappa shape index (κ2) is 26.3. The van der Waals surface area contributed by atoms with Crippen LogP contribution in [0.5, 0.6) is 0 Å². The van der Waals surface area contributed by atoms with Crippen LogP contribution in [0.25, 0.3) is 0 Å². The van der Waals surface area contributed by atoms with Gasteiger partial charge in [-0.1, -0.05) is 46.0 Å². The van der Waals surface area contributed by atoms with E-state index in [1.807, 2.05) is 6.92 Å². The normalized spacial score (nSPS) is 10.8. The van der Waals surface area contributed by atoms with Crippen LogP contribution in [0, 0.1) is 5.92 Å². The zero-order valence-corrected chi connectivity index (χ0v) is 22.4. The van der Waals surface area contributed by atoms with Crippen molar-refractivity contribution in [3.8, 4) is 0 Å². The second-order valence-corrected chi connectivity index (χ2v) is 7.04.